The number of hydrogen-bond acceptors (Lipinski definition) is 4. The summed E-state index contributed by atoms with van der Waals surface area (Å²) < 4.78 is 19.5. The molecule has 1 heterocycles. The van der Waals surface area contributed by atoms with E-state index >= 15 is 0 Å². The van der Waals surface area contributed by atoms with Crippen LogP contribution in [-0.4, -0.2) is 33.8 Å². The summed E-state index contributed by atoms with van der Waals surface area (Å²) in [5.41, 5.74) is 0. The molecule has 0 spiro atoms. The number of nitrogens with zero attached hydrogens (tertiary/aromatic N) is 3. The summed E-state index contributed by atoms with van der Waals surface area (Å²) in [7, 11) is 0. The highest BCUT2D eigenvalue weighted by Crippen LogP contribution is 2.10. The van der Waals surface area contributed by atoms with E-state index in [-0.39, 0.29) is 11.7 Å². The number of rotatable bonds is 6. The van der Waals surface area contributed by atoms with Gasteiger partial charge in [0.1, 0.15) is 36.9 Å². The third-order valence-corrected chi connectivity index (χ3v) is 2.70. The molecule has 0 saturated carbocycles. The minimum absolute atomic E-state index is 0.168. The molecule has 6 nitrogen and oxygen atoms in total. The van der Waals surface area contributed by atoms with E-state index in [0.717, 1.165) is 0 Å². The molecule has 0 unspecified atom stereocenters. The number of carbonyl (C=O) groups excluding carboxylic acids is 1. The lowest BCUT2D eigenvalue weighted by molar-refractivity contribution is -0.124. The van der Waals surface area contributed by atoms with Gasteiger partial charge in [0.05, 0.1) is 6.54 Å². The maximum Gasteiger partial charge on any atom is 0.244 e. The molecule has 2 rings (SSSR count). The Bertz CT molecular complexity index is 542. The van der Waals surface area contributed by atoms with Crippen molar-refractivity contribution in [2.45, 2.75) is 13.0 Å². The molecule has 0 saturated heterocycles. The third kappa shape index (κ3) is 3.78. The van der Waals surface area contributed by atoms with Gasteiger partial charge >= 0.3 is 0 Å². The van der Waals surface area contributed by atoms with Crippen LogP contribution in [0.4, 0.5) is 4.39 Å². The van der Waals surface area contributed by atoms with Crippen molar-refractivity contribution in [3.63, 3.8) is 0 Å². The van der Waals surface area contributed by atoms with E-state index in [2.05, 4.69) is 15.4 Å². The van der Waals surface area contributed by atoms with Gasteiger partial charge in [0, 0.05) is 0 Å². The quantitative estimate of drug-likeness (QED) is 0.805. The van der Waals surface area contributed by atoms with Crippen molar-refractivity contribution in [1.82, 2.24) is 20.1 Å². The van der Waals surface area contributed by atoms with Gasteiger partial charge in [0.25, 0.3) is 0 Å². The number of benzene rings is 1. The zero-order valence-electron chi connectivity index (χ0n) is 11.0. The fourth-order valence-corrected chi connectivity index (χ4v) is 1.56. The fourth-order valence-electron chi connectivity index (χ4n) is 1.56. The first-order chi connectivity index (χ1) is 9.66. The molecule has 0 aliphatic heterocycles. The summed E-state index contributed by atoms with van der Waals surface area (Å²) in [4.78, 5) is 15.6. The van der Waals surface area contributed by atoms with Crippen LogP contribution < -0.4 is 10.1 Å². The van der Waals surface area contributed by atoms with Crippen LogP contribution in [0.1, 0.15) is 13.0 Å². The van der Waals surface area contributed by atoms with Crippen molar-refractivity contribution in [1.29, 1.82) is 0 Å². The second kappa shape index (κ2) is 6.65. The maximum absolute atomic E-state index is 12.7. The summed E-state index contributed by atoms with van der Waals surface area (Å²) >= 11 is 0. The van der Waals surface area contributed by atoms with Gasteiger partial charge in [-0.05, 0) is 31.2 Å². The van der Waals surface area contributed by atoms with E-state index in [9.17, 15) is 9.18 Å². The van der Waals surface area contributed by atoms with Crippen LogP contribution in [-0.2, 0) is 4.79 Å². The largest absolute Gasteiger partial charge is 0.492 e. The lowest BCUT2D eigenvalue weighted by atomic mass is 10.3. The summed E-state index contributed by atoms with van der Waals surface area (Å²) in [6, 6.07) is 5.29. The van der Waals surface area contributed by atoms with Crippen LogP contribution in [0.2, 0.25) is 0 Å². The zero-order valence-corrected chi connectivity index (χ0v) is 11.0. The lowest BCUT2D eigenvalue weighted by Gasteiger charge is -2.12. The number of amides is 1. The number of aromatic nitrogens is 3. The van der Waals surface area contributed by atoms with Gasteiger partial charge in [-0.25, -0.2) is 14.1 Å². The number of carbonyl (C=O) groups is 1. The zero-order chi connectivity index (χ0) is 14.4. The summed E-state index contributed by atoms with van der Waals surface area (Å²) in [5, 5.41) is 6.62. The average molecular weight is 278 g/mol. The Morgan fingerprint density at radius 3 is 2.85 bits per heavy atom. The van der Waals surface area contributed by atoms with Crippen molar-refractivity contribution in [3.8, 4) is 5.75 Å². The van der Waals surface area contributed by atoms with Gasteiger partial charge < -0.3 is 10.1 Å². The van der Waals surface area contributed by atoms with E-state index in [0.29, 0.717) is 18.9 Å². The molecular weight excluding hydrogens is 263 g/mol. The second-order valence-corrected chi connectivity index (χ2v) is 4.14. The van der Waals surface area contributed by atoms with Gasteiger partial charge in [0.2, 0.25) is 5.91 Å². The highest BCUT2D eigenvalue weighted by atomic mass is 19.1. The van der Waals surface area contributed by atoms with Crippen LogP contribution in [0, 0.1) is 5.82 Å². The van der Waals surface area contributed by atoms with Gasteiger partial charge in [-0.1, -0.05) is 0 Å². The molecule has 106 valence electrons. The smallest absolute Gasteiger partial charge is 0.244 e. The third-order valence-electron chi connectivity index (χ3n) is 2.70. The molecule has 0 aliphatic rings. The Hall–Kier alpha value is -2.44. The molecule has 1 N–H and O–H groups in total. The minimum atomic E-state index is -0.427. The Balaban J connectivity index is 1.70. The maximum atomic E-state index is 12.7. The molecule has 1 aromatic heterocycles. The Morgan fingerprint density at radius 2 is 2.20 bits per heavy atom. The van der Waals surface area contributed by atoms with E-state index in [4.69, 9.17) is 4.74 Å². The Labute approximate surface area is 115 Å². The fraction of sp³-hybridized carbons (Fsp3) is 0.308. The highest BCUT2D eigenvalue weighted by Gasteiger charge is 2.14. The first-order valence-corrected chi connectivity index (χ1v) is 6.17. The van der Waals surface area contributed by atoms with E-state index in [1.54, 1.807) is 6.92 Å². The van der Waals surface area contributed by atoms with Gasteiger partial charge in [-0.3, -0.25) is 4.79 Å². The molecule has 0 fully saturated rings. The van der Waals surface area contributed by atoms with Crippen LogP contribution >= 0.6 is 0 Å². The summed E-state index contributed by atoms with van der Waals surface area (Å²) in [5.74, 6) is 0.0792. The number of hydrogen-bond donors (Lipinski definition) is 1. The summed E-state index contributed by atoms with van der Waals surface area (Å²) in [6.07, 6.45) is 2.86. The first kappa shape index (κ1) is 14.0. The van der Waals surface area contributed by atoms with Gasteiger partial charge in [-0.2, -0.15) is 5.10 Å². The normalized spacial score (nSPS) is 11.9. The SMILES string of the molecule is C[C@@H](C(=O)NCCOc1ccc(F)cc1)n1cncn1. The van der Waals surface area contributed by atoms with Gasteiger partial charge in [0.15, 0.2) is 0 Å². The molecule has 7 heteroatoms. The monoisotopic (exact) mass is 278 g/mol. The van der Waals surface area contributed by atoms with Gasteiger partial charge in [-0.15, -0.1) is 0 Å². The van der Waals surface area contributed by atoms with Crippen LogP contribution in [0.3, 0.4) is 0 Å². The molecular formula is C13H15FN4O2. The molecule has 0 radical (unpaired) electrons. The first-order valence-electron chi connectivity index (χ1n) is 6.17. The summed E-state index contributed by atoms with van der Waals surface area (Å²) in [6.45, 7) is 2.39. The predicted molar refractivity (Wildman–Crippen MR) is 69.6 cm³/mol. The number of halogens is 1. The van der Waals surface area contributed by atoms with Crippen LogP contribution in [0.15, 0.2) is 36.9 Å². The molecule has 2 aromatic rings. The van der Waals surface area contributed by atoms with Crippen molar-refractivity contribution in [2.24, 2.45) is 0 Å². The topological polar surface area (TPSA) is 69.0 Å². The second-order valence-electron chi connectivity index (χ2n) is 4.14. The van der Waals surface area contributed by atoms with Crippen molar-refractivity contribution in [2.75, 3.05) is 13.2 Å². The number of ether oxygens (including phenoxy) is 1. The highest BCUT2D eigenvalue weighted by molar-refractivity contribution is 5.79. The van der Waals surface area contributed by atoms with Crippen molar-refractivity contribution in [3.05, 3.63) is 42.7 Å². The molecule has 1 amide bonds. The lowest BCUT2D eigenvalue weighted by Crippen LogP contribution is -2.34. The Morgan fingerprint density at radius 1 is 1.45 bits per heavy atom. The van der Waals surface area contributed by atoms with Crippen LogP contribution in [0.5, 0.6) is 5.75 Å². The molecule has 20 heavy (non-hydrogen) atoms. The minimum Gasteiger partial charge on any atom is -0.492 e. The van der Waals surface area contributed by atoms with Crippen molar-refractivity contribution >= 4 is 5.91 Å². The molecule has 1 atom stereocenters. The van der Waals surface area contributed by atoms with E-state index < -0.39 is 6.04 Å². The van der Waals surface area contributed by atoms with E-state index in [1.807, 2.05) is 0 Å². The predicted octanol–water partition coefficient (Wildman–Crippen LogP) is 1.17. The standard InChI is InChI=1S/C13H15FN4O2/c1-10(18-9-15-8-17-18)13(19)16-6-7-20-12-4-2-11(14)3-5-12/h2-5,8-10H,6-7H2,1H3,(H,16,19)/t10-/m0/s1. The Kier molecular flexibility index (Phi) is 4.65. The average Bonchev–Trinajstić information content (AvgIpc) is 2.98. The number of nitrogens with one attached hydrogen (secondary N) is 1. The molecule has 1 aromatic carbocycles. The van der Waals surface area contributed by atoms with E-state index in [1.165, 1.54) is 41.6 Å². The van der Waals surface area contributed by atoms with Crippen molar-refractivity contribution < 1.29 is 13.9 Å². The van der Waals surface area contributed by atoms with Crippen LogP contribution in [0.25, 0.3) is 0 Å². The molecule has 0 aliphatic carbocycles. The molecule has 0 bridgehead atoms.